The molecule has 28 heavy (non-hydrogen) atoms. The summed E-state index contributed by atoms with van der Waals surface area (Å²) in [4.78, 5) is 9.70. The summed E-state index contributed by atoms with van der Waals surface area (Å²) in [6, 6.07) is 13.4. The maximum absolute atomic E-state index is 4.66. The Balaban J connectivity index is 1.58. The first-order valence-electron chi connectivity index (χ1n) is 10.9. The second kappa shape index (κ2) is 10.6. The molecule has 1 aromatic heterocycles. The minimum atomic E-state index is 0.478. The lowest BCUT2D eigenvalue weighted by Crippen LogP contribution is -2.32. The Morgan fingerprint density at radius 1 is 1.14 bits per heavy atom. The Morgan fingerprint density at radius 3 is 2.68 bits per heavy atom. The van der Waals surface area contributed by atoms with Crippen molar-refractivity contribution in [2.24, 2.45) is 0 Å². The molecule has 0 saturated carbocycles. The van der Waals surface area contributed by atoms with Gasteiger partial charge in [-0.1, -0.05) is 44.2 Å². The highest BCUT2D eigenvalue weighted by molar-refractivity contribution is 5.53. The van der Waals surface area contributed by atoms with Gasteiger partial charge >= 0.3 is 0 Å². The number of pyridine rings is 1. The zero-order valence-corrected chi connectivity index (χ0v) is 17.8. The SMILES string of the molecule is CCN(CC)CCCC(C)Nc1ccnc2c1CN(Cc1ccccc1)CC2. The van der Waals surface area contributed by atoms with Gasteiger partial charge in [0.05, 0.1) is 0 Å². The van der Waals surface area contributed by atoms with Crippen LogP contribution in [0.2, 0.25) is 0 Å². The molecule has 0 saturated heterocycles. The van der Waals surface area contributed by atoms with Crippen LogP contribution in [-0.2, 0) is 19.5 Å². The number of aromatic nitrogens is 1. The number of nitrogens with one attached hydrogen (secondary N) is 1. The Kier molecular flexibility index (Phi) is 7.87. The number of fused-ring (bicyclic) bond motifs is 1. The second-order valence-corrected chi connectivity index (χ2v) is 7.94. The molecule has 0 fully saturated rings. The van der Waals surface area contributed by atoms with Gasteiger partial charge in [-0.3, -0.25) is 9.88 Å². The van der Waals surface area contributed by atoms with Crippen LogP contribution in [0.4, 0.5) is 5.69 Å². The van der Waals surface area contributed by atoms with Gasteiger partial charge in [-0.15, -0.1) is 0 Å². The molecule has 2 heterocycles. The fourth-order valence-corrected chi connectivity index (χ4v) is 4.10. The minimum absolute atomic E-state index is 0.478. The second-order valence-electron chi connectivity index (χ2n) is 7.94. The van der Waals surface area contributed by atoms with Crippen LogP contribution in [-0.4, -0.2) is 47.0 Å². The van der Waals surface area contributed by atoms with E-state index in [-0.39, 0.29) is 0 Å². The predicted molar refractivity (Wildman–Crippen MR) is 119 cm³/mol. The van der Waals surface area contributed by atoms with Gasteiger partial charge < -0.3 is 10.2 Å². The van der Waals surface area contributed by atoms with E-state index in [2.05, 4.69) is 77.3 Å². The van der Waals surface area contributed by atoms with E-state index in [0.717, 1.165) is 39.1 Å². The minimum Gasteiger partial charge on any atom is -0.382 e. The van der Waals surface area contributed by atoms with Crippen LogP contribution in [0.15, 0.2) is 42.6 Å². The van der Waals surface area contributed by atoms with Gasteiger partial charge in [-0.2, -0.15) is 0 Å². The molecule has 3 rings (SSSR count). The van der Waals surface area contributed by atoms with Crippen molar-refractivity contribution in [3.05, 3.63) is 59.4 Å². The molecule has 1 aromatic carbocycles. The van der Waals surface area contributed by atoms with Crippen LogP contribution >= 0.6 is 0 Å². The van der Waals surface area contributed by atoms with Crippen LogP contribution in [0, 0.1) is 0 Å². The molecule has 0 aliphatic carbocycles. The summed E-state index contributed by atoms with van der Waals surface area (Å²) >= 11 is 0. The lowest BCUT2D eigenvalue weighted by Gasteiger charge is -2.30. The third-order valence-electron chi connectivity index (χ3n) is 5.85. The van der Waals surface area contributed by atoms with E-state index in [1.54, 1.807) is 0 Å². The average Bonchev–Trinajstić information content (AvgIpc) is 2.72. The molecule has 1 unspecified atom stereocenters. The smallest absolute Gasteiger partial charge is 0.0482 e. The predicted octanol–water partition coefficient (Wildman–Crippen LogP) is 4.56. The molecule has 2 aromatic rings. The van der Waals surface area contributed by atoms with Crippen LogP contribution in [0.5, 0.6) is 0 Å². The van der Waals surface area contributed by atoms with E-state index >= 15 is 0 Å². The monoisotopic (exact) mass is 380 g/mol. The van der Waals surface area contributed by atoms with Gasteiger partial charge in [0, 0.05) is 55.2 Å². The maximum Gasteiger partial charge on any atom is 0.0482 e. The highest BCUT2D eigenvalue weighted by Gasteiger charge is 2.20. The molecule has 1 aliphatic heterocycles. The van der Waals surface area contributed by atoms with E-state index in [0.29, 0.717) is 6.04 Å². The summed E-state index contributed by atoms with van der Waals surface area (Å²) in [5.41, 5.74) is 5.32. The number of anilines is 1. The molecule has 1 atom stereocenters. The van der Waals surface area contributed by atoms with Crippen molar-refractivity contribution < 1.29 is 0 Å². The van der Waals surface area contributed by atoms with Crippen LogP contribution in [0.3, 0.4) is 0 Å². The van der Waals surface area contributed by atoms with Gasteiger partial charge in [-0.05, 0) is 51.0 Å². The third-order valence-corrected chi connectivity index (χ3v) is 5.85. The van der Waals surface area contributed by atoms with Crippen LogP contribution in [0.1, 0.15) is 50.4 Å². The lowest BCUT2D eigenvalue weighted by molar-refractivity contribution is 0.244. The number of benzene rings is 1. The van der Waals surface area contributed by atoms with Crippen LogP contribution < -0.4 is 5.32 Å². The Bertz CT molecular complexity index is 712. The van der Waals surface area contributed by atoms with Crippen molar-refractivity contribution in [2.75, 3.05) is 31.5 Å². The van der Waals surface area contributed by atoms with Crippen molar-refractivity contribution in [1.29, 1.82) is 0 Å². The average molecular weight is 381 g/mol. The molecular formula is C24H36N4. The molecule has 0 amide bonds. The zero-order valence-electron chi connectivity index (χ0n) is 17.8. The highest BCUT2D eigenvalue weighted by atomic mass is 15.1. The Morgan fingerprint density at radius 2 is 1.93 bits per heavy atom. The summed E-state index contributed by atoms with van der Waals surface area (Å²) in [5.74, 6) is 0. The van der Waals surface area contributed by atoms with Crippen molar-refractivity contribution in [2.45, 2.75) is 59.2 Å². The molecule has 1 N–H and O–H groups in total. The summed E-state index contributed by atoms with van der Waals surface area (Å²) in [6.07, 6.45) is 5.44. The van der Waals surface area contributed by atoms with E-state index in [4.69, 9.17) is 0 Å². The molecule has 4 nitrogen and oxygen atoms in total. The molecule has 152 valence electrons. The molecule has 0 bridgehead atoms. The third kappa shape index (κ3) is 5.79. The fourth-order valence-electron chi connectivity index (χ4n) is 4.10. The van der Waals surface area contributed by atoms with E-state index in [9.17, 15) is 0 Å². The number of hydrogen-bond donors (Lipinski definition) is 1. The zero-order chi connectivity index (χ0) is 19.8. The first kappa shape index (κ1) is 20.8. The molecule has 0 radical (unpaired) electrons. The van der Waals surface area contributed by atoms with Crippen molar-refractivity contribution in [3.8, 4) is 0 Å². The summed E-state index contributed by atoms with van der Waals surface area (Å²) < 4.78 is 0. The van der Waals surface area contributed by atoms with Crippen molar-refractivity contribution >= 4 is 5.69 Å². The highest BCUT2D eigenvalue weighted by Crippen LogP contribution is 2.26. The number of rotatable bonds is 10. The topological polar surface area (TPSA) is 31.4 Å². The molecular weight excluding hydrogens is 344 g/mol. The van der Waals surface area contributed by atoms with E-state index in [1.165, 1.54) is 41.9 Å². The number of nitrogens with zero attached hydrogens (tertiary/aromatic N) is 3. The van der Waals surface area contributed by atoms with Gasteiger partial charge in [0.25, 0.3) is 0 Å². The maximum atomic E-state index is 4.66. The lowest BCUT2D eigenvalue weighted by atomic mass is 10.0. The molecule has 0 spiro atoms. The normalized spacial score (nSPS) is 15.4. The number of hydrogen-bond acceptors (Lipinski definition) is 4. The van der Waals surface area contributed by atoms with Gasteiger partial charge in [0.1, 0.15) is 0 Å². The standard InChI is InChI=1S/C24H36N4/c1-4-27(5-2)16-9-10-20(3)26-24-13-15-25-23-14-17-28(19-22(23)24)18-21-11-7-6-8-12-21/h6-8,11-13,15,20H,4-5,9-10,14,16-19H2,1-3H3,(H,25,26). The largest absolute Gasteiger partial charge is 0.382 e. The Hall–Kier alpha value is -1.91. The summed E-state index contributed by atoms with van der Waals surface area (Å²) in [5, 5.41) is 3.78. The first-order valence-corrected chi connectivity index (χ1v) is 10.9. The summed E-state index contributed by atoms with van der Waals surface area (Å²) in [7, 11) is 0. The Labute approximate surface area is 171 Å². The van der Waals surface area contributed by atoms with Crippen LogP contribution in [0.25, 0.3) is 0 Å². The fraction of sp³-hybridized carbons (Fsp3) is 0.542. The van der Waals surface area contributed by atoms with Gasteiger partial charge in [0.2, 0.25) is 0 Å². The van der Waals surface area contributed by atoms with E-state index < -0.39 is 0 Å². The quantitative estimate of drug-likeness (QED) is 0.655. The van der Waals surface area contributed by atoms with Crippen molar-refractivity contribution in [1.82, 2.24) is 14.8 Å². The summed E-state index contributed by atoms with van der Waals surface area (Å²) in [6.45, 7) is 13.3. The molecule has 4 heteroatoms. The van der Waals surface area contributed by atoms with E-state index in [1.807, 2.05) is 6.20 Å². The van der Waals surface area contributed by atoms with Gasteiger partial charge in [0.15, 0.2) is 0 Å². The molecule has 1 aliphatic rings. The van der Waals surface area contributed by atoms with Gasteiger partial charge in [-0.25, -0.2) is 0 Å². The van der Waals surface area contributed by atoms with Crippen molar-refractivity contribution in [3.63, 3.8) is 0 Å². The first-order chi connectivity index (χ1) is 13.7.